The first kappa shape index (κ1) is 10.4. The maximum atomic E-state index is 11.1. The lowest BCUT2D eigenvalue weighted by Crippen LogP contribution is -2.34. The van der Waals surface area contributed by atoms with E-state index in [0.29, 0.717) is 5.82 Å². The number of rotatable bonds is 4. The quantitative estimate of drug-likeness (QED) is 0.628. The molecule has 0 radical (unpaired) electrons. The maximum Gasteiger partial charge on any atom is 0.330 e. The van der Waals surface area contributed by atoms with Gasteiger partial charge in [0.05, 0.1) is 13.7 Å². The Balaban J connectivity index is 2.62. The molecule has 0 saturated heterocycles. The van der Waals surface area contributed by atoms with Crippen molar-refractivity contribution in [3.8, 4) is 0 Å². The van der Waals surface area contributed by atoms with Gasteiger partial charge < -0.3 is 15.2 Å². The summed E-state index contributed by atoms with van der Waals surface area (Å²) < 4.78 is 4.47. The summed E-state index contributed by atoms with van der Waals surface area (Å²) in [6.07, 6.45) is 2.87. The molecule has 1 rings (SSSR count). The summed E-state index contributed by atoms with van der Waals surface area (Å²) in [4.78, 5) is 18.6. The van der Waals surface area contributed by atoms with E-state index >= 15 is 0 Å². The van der Waals surface area contributed by atoms with Crippen LogP contribution in [0.25, 0.3) is 0 Å². The minimum Gasteiger partial charge on any atom is -0.467 e. The van der Waals surface area contributed by atoms with Crippen molar-refractivity contribution >= 4 is 11.8 Å². The van der Waals surface area contributed by atoms with Crippen LogP contribution in [0, 0.1) is 0 Å². The Labute approximate surface area is 80.9 Å². The molecule has 2 N–H and O–H groups in total. The molecule has 14 heavy (non-hydrogen) atoms. The molecular formula is C8H11N3O3. The van der Waals surface area contributed by atoms with Crippen molar-refractivity contribution in [2.45, 2.75) is 6.04 Å². The molecule has 0 aromatic carbocycles. The van der Waals surface area contributed by atoms with E-state index in [1.807, 2.05) is 0 Å². The Hall–Kier alpha value is -1.69. The number of nitrogens with one attached hydrogen (secondary N) is 1. The van der Waals surface area contributed by atoms with E-state index in [1.54, 1.807) is 6.07 Å². The normalized spacial score (nSPS) is 11.9. The van der Waals surface area contributed by atoms with E-state index in [0.717, 1.165) is 0 Å². The number of hydrogen-bond donors (Lipinski definition) is 2. The number of carbonyl (C=O) groups excluding carboxylic acids is 1. The molecule has 0 saturated carbocycles. The lowest BCUT2D eigenvalue weighted by atomic mass is 10.3. The van der Waals surface area contributed by atoms with Gasteiger partial charge >= 0.3 is 5.97 Å². The molecule has 1 heterocycles. The average molecular weight is 197 g/mol. The van der Waals surface area contributed by atoms with Gasteiger partial charge in [0, 0.05) is 6.20 Å². The lowest BCUT2D eigenvalue weighted by molar-refractivity contribution is -0.142. The fourth-order valence-corrected chi connectivity index (χ4v) is 0.876. The molecule has 0 fully saturated rings. The minimum absolute atomic E-state index is 0.351. The van der Waals surface area contributed by atoms with Gasteiger partial charge in [-0.05, 0) is 6.07 Å². The first-order valence-corrected chi connectivity index (χ1v) is 3.99. The third-order valence-corrected chi connectivity index (χ3v) is 1.57. The highest BCUT2D eigenvalue weighted by Gasteiger charge is 2.17. The third-order valence-electron chi connectivity index (χ3n) is 1.57. The van der Waals surface area contributed by atoms with Crippen molar-refractivity contribution in [2.75, 3.05) is 19.0 Å². The van der Waals surface area contributed by atoms with Crippen LogP contribution in [0.3, 0.4) is 0 Å². The molecule has 0 aliphatic carbocycles. The van der Waals surface area contributed by atoms with Gasteiger partial charge in [0.2, 0.25) is 0 Å². The highest BCUT2D eigenvalue weighted by atomic mass is 16.5. The number of carbonyl (C=O) groups is 1. The van der Waals surface area contributed by atoms with E-state index in [-0.39, 0.29) is 6.61 Å². The average Bonchev–Trinajstić information content (AvgIpc) is 2.26. The molecule has 76 valence electrons. The number of ether oxygens (including phenoxy) is 1. The molecule has 1 unspecified atom stereocenters. The predicted molar refractivity (Wildman–Crippen MR) is 48.5 cm³/mol. The van der Waals surface area contributed by atoms with Gasteiger partial charge in [-0.2, -0.15) is 0 Å². The van der Waals surface area contributed by atoms with E-state index in [1.165, 1.54) is 19.6 Å². The van der Waals surface area contributed by atoms with Crippen LogP contribution < -0.4 is 5.32 Å². The Morgan fingerprint density at radius 1 is 1.79 bits per heavy atom. The smallest absolute Gasteiger partial charge is 0.330 e. The number of nitrogens with zero attached hydrogens (tertiary/aromatic N) is 2. The summed E-state index contributed by atoms with van der Waals surface area (Å²) >= 11 is 0. The highest BCUT2D eigenvalue weighted by Crippen LogP contribution is 2.01. The summed E-state index contributed by atoms with van der Waals surface area (Å²) in [6.45, 7) is -0.351. The first-order chi connectivity index (χ1) is 6.77. The zero-order chi connectivity index (χ0) is 10.4. The predicted octanol–water partition coefficient (Wildman–Crippen LogP) is -0.578. The third kappa shape index (κ3) is 2.67. The van der Waals surface area contributed by atoms with Crippen LogP contribution >= 0.6 is 0 Å². The number of aliphatic hydroxyl groups excluding tert-OH is 1. The van der Waals surface area contributed by atoms with E-state index in [4.69, 9.17) is 5.11 Å². The van der Waals surface area contributed by atoms with Gasteiger partial charge in [-0.1, -0.05) is 0 Å². The Bertz CT molecular complexity index is 291. The van der Waals surface area contributed by atoms with E-state index in [9.17, 15) is 4.79 Å². The molecule has 0 spiro atoms. The molecule has 0 bridgehead atoms. The summed E-state index contributed by atoms with van der Waals surface area (Å²) in [7, 11) is 1.26. The van der Waals surface area contributed by atoms with Crippen molar-refractivity contribution in [1.29, 1.82) is 0 Å². The molecular weight excluding hydrogens is 186 g/mol. The SMILES string of the molecule is COC(=O)C(CO)Nc1ccncn1. The van der Waals surface area contributed by atoms with Crippen LogP contribution in [-0.4, -0.2) is 40.8 Å². The molecule has 6 heteroatoms. The molecule has 0 aliphatic rings. The van der Waals surface area contributed by atoms with E-state index < -0.39 is 12.0 Å². The number of methoxy groups -OCH3 is 1. The van der Waals surface area contributed by atoms with Gasteiger partial charge in [0.25, 0.3) is 0 Å². The topological polar surface area (TPSA) is 84.3 Å². The largest absolute Gasteiger partial charge is 0.467 e. The van der Waals surface area contributed by atoms with Crippen LogP contribution in [0.1, 0.15) is 0 Å². The molecule has 0 aliphatic heterocycles. The van der Waals surface area contributed by atoms with Crippen LogP contribution in [0.15, 0.2) is 18.6 Å². The fourth-order valence-electron chi connectivity index (χ4n) is 0.876. The van der Waals surface area contributed by atoms with Gasteiger partial charge in [0.1, 0.15) is 18.2 Å². The van der Waals surface area contributed by atoms with Crippen molar-refractivity contribution in [1.82, 2.24) is 9.97 Å². The second-order valence-corrected chi connectivity index (χ2v) is 2.50. The monoisotopic (exact) mass is 197 g/mol. The van der Waals surface area contributed by atoms with Gasteiger partial charge in [-0.3, -0.25) is 0 Å². The molecule has 1 atom stereocenters. The first-order valence-electron chi connectivity index (χ1n) is 3.99. The molecule has 1 aromatic rings. The van der Waals surface area contributed by atoms with Crippen molar-refractivity contribution < 1.29 is 14.6 Å². The summed E-state index contributed by atoms with van der Waals surface area (Å²) in [6, 6.07) is 0.792. The number of aliphatic hydroxyl groups is 1. The highest BCUT2D eigenvalue weighted by molar-refractivity contribution is 5.78. The van der Waals surface area contributed by atoms with Crippen molar-refractivity contribution in [3.63, 3.8) is 0 Å². The number of esters is 1. The minimum atomic E-state index is -0.796. The second kappa shape index (κ2) is 5.13. The maximum absolute atomic E-state index is 11.1. The van der Waals surface area contributed by atoms with Gasteiger partial charge in [-0.25, -0.2) is 14.8 Å². The zero-order valence-corrected chi connectivity index (χ0v) is 7.67. The Kier molecular flexibility index (Phi) is 3.81. The van der Waals surface area contributed by atoms with E-state index in [2.05, 4.69) is 20.0 Å². The molecule has 6 nitrogen and oxygen atoms in total. The molecule has 0 amide bonds. The number of hydrogen-bond acceptors (Lipinski definition) is 6. The Morgan fingerprint density at radius 3 is 3.07 bits per heavy atom. The fraction of sp³-hybridized carbons (Fsp3) is 0.375. The second-order valence-electron chi connectivity index (χ2n) is 2.50. The number of aromatic nitrogens is 2. The lowest BCUT2D eigenvalue weighted by Gasteiger charge is -2.13. The number of anilines is 1. The van der Waals surface area contributed by atoms with Crippen LogP contribution in [0.5, 0.6) is 0 Å². The van der Waals surface area contributed by atoms with Crippen LogP contribution in [-0.2, 0) is 9.53 Å². The standard InChI is InChI=1S/C8H11N3O3/c1-14-8(13)6(4-12)11-7-2-3-9-5-10-7/h2-3,5-6,12H,4H2,1H3,(H,9,10,11). The van der Waals surface area contributed by atoms with Crippen LogP contribution in [0.2, 0.25) is 0 Å². The summed E-state index contributed by atoms with van der Waals surface area (Å²) in [5.74, 6) is -0.0736. The van der Waals surface area contributed by atoms with Crippen molar-refractivity contribution in [2.24, 2.45) is 0 Å². The zero-order valence-electron chi connectivity index (χ0n) is 7.67. The molecule has 1 aromatic heterocycles. The summed E-state index contributed by atoms with van der Waals surface area (Å²) in [5.41, 5.74) is 0. The van der Waals surface area contributed by atoms with Gasteiger partial charge in [0.15, 0.2) is 0 Å². The Morgan fingerprint density at radius 2 is 2.57 bits per heavy atom. The van der Waals surface area contributed by atoms with Gasteiger partial charge in [-0.15, -0.1) is 0 Å². The van der Waals surface area contributed by atoms with Crippen molar-refractivity contribution in [3.05, 3.63) is 18.6 Å². The van der Waals surface area contributed by atoms with Crippen LogP contribution in [0.4, 0.5) is 5.82 Å². The summed E-state index contributed by atoms with van der Waals surface area (Å²) in [5, 5.41) is 11.6.